The van der Waals surface area contributed by atoms with Crippen LogP contribution in [0.25, 0.3) is 0 Å². The second-order valence-electron chi connectivity index (χ2n) is 6.90. The summed E-state index contributed by atoms with van der Waals surface area (Å²) >= 11 is 0. The Morgan fingerprint density at radius 3 is 2.71 bits per heavy atom. The van der Waals surface area contributed by atoms with Gasteiger partial charge in [0.2, 0.25) is 11.8 Å². The molecule has 2 amide bonds. The number of carbonyl (C=O) groups excluding carboxylic acids is 2. The van der Waals surface area contributed by atoms with Crippen molar-refractivity contribution in [2.45, 2.75) is 32.5 Å². The molecule has 1 aliphatic heterocycles. The van der Waals surface area contributed by atoms with Crippen molar-refractivity contribution >= 4 is 11.8 Å². The lowest BCUT2D eigenvalue weighted by Crippen LogP contribution is -2.56. The second kappa shape index (κ2) is 8.93. The number of halogens is 2. The van der Waals surface area contributed by atoms with Crippen LogP contribution in [-0.4, -0.2) is 35.8 Å². The molecule has 7 heteroatoms. The molecule has 28 heavy (non-hydrogen) atoms. The first-order valence-electron chi connectivity index (χ1n) is 9.21. The van der Waals surface area contributed by atoms with Gasteiger partial charge in [0.05, 0.1) is 12.5 Å². The Hall–Kier alpha value is -2.80. The minimum atomic E-state index is -0.925. The lowest BCUT2D eigenvalue weighted by atomic mass is 10.1. The van der Waals surface area contributed by atoms with Gasteiger partial charge in [-0.2, -0.15) is 0 Å². The van der Waals surface area contributed by atoms with Gasteiger partial charge >= 0.3 is 0 Å². The molecule has 2 N–H and O–H groups in total. The van der Waals surface area contributed by atoms with E-state index < -0.39 is 17.7 Å². The molecule has 1 fully saturated rings. The highest BCUT2D eigenvalue weighted by molar-refractivity contribution is 5.88. The second-order valence-corrected chi connectivity index (χ2v) is 6.90. The third-order valence-corrected chi connectivity index (χ3v) is 4.96. The molecule has 1 heterocycles. The molecule has 0 aliphatic carbocycles. The van der Waals surface area contributed by atoms with E-state index >= 15 is 0 Å². The summed E-state index contributed by atoms with van der Waals surface area (Å²) in [5.74, 6) is -2.40. The summed E-state index contributed by atoms with van der Waals surface area (Å²) in [6.07, 6.45) is -0.0470. The summed E-state index contributed by atoms with van der Waals surface area (Å²) in [5.41, 5.74) is 2.24. The molecule has 3 rings (SSSR count). The molecular formula is C21H23F2N3O2. The number of carbonyl (C=O) groups is 2. The van der Waals surface area contributed by atoms with Crippen molar-refractivity contribution in [2.75, 3.05) is 13.1 Å². The van der Waals surface area contributed by atoms with Crippen LogP contribution in [0.5, 0.6) is 0 Å². The van der Waals surface area contributed by atoms with Crippen LogP contribution in [0.2, 0.25) is 0 Å². The smallest absolute Gasteiger partial charge is 0.237 e. The highest BCUT2D eigenvalue weighted by Crippen LogP contribution is 2.18. The van der Waals surface area contributed by atoms with Crippen molar-refractivity contribution in [2.24, 2.45) is 0 Å². The first-order chi connectivity index (χ1) is 13.5. The van der Waals surface area contributed by atoms with E-state index in [4.69, 9.17) is 0 Å². The summed E-state index contributed by atoms with van der Waals surface area (Å²) in [4.78, 5) is 26.4. The van der Waals surface area contributed by atoms with Gasteiger partial charge in [0.1, 0.15) is 0 Å². The Balaban J connectivity index is 1.65. The van der Waals surface area contributed by atoms with Gasteiger partial charge < -0.3 is 10.6 Å². The largest absolute Gasteiger partial charge is 0.353 e. The number of rotatable bonds is 6. The molecule has 1 atom stereocenters. The first kappa shape index (κ1) is 19.9. The maximum Gasteiger partial charge on any atom is 0.237 e. The number of aryl methyl sites for hydroxylation is 1. The van der Waals surface area contributed by atoms with Crippen LogP contribution in [-0.2, 0) is 22.7 Å². The fourth-order valence-electron chi connectivity index (χ4n) is 3.31. The highest BCUT2D eigenvalue weighted by atomic mass is 19.2. The zero-order chi connectivity index (χ0) is 20.1. The van der Waals surface area contributed by atoms with E-state index in [1.165, 1.54) is 12.1 Å². The minimum absolute atomic E-state index is 0.0470. The molecule has 0 aromatic heterocycles. The zero-order valence-electron chi connectivity index (χ0n) is 15.7. The highest BCUT2D eigenvalue weighted by Gasteiger charge is 2.32. The van der Waals surface area contributed by atoms with Crippen molar-refractivity contribution in [1.82, 2.24) is 15.5 Å². The van der Waals surface area contributed by atoms with E-state index in [0.29, 0.717) is 19.6 Å². The monoisotopic (exact) mass is 387 g/mol. The molecule has 0 unspecified atom stereocenters. The normalized spacial score (nSPS) is 17.2. The molecule has 2 aromatic carbocycles. The van der Waals surface area contributed by atoms with Crippen LogP contribution in [0.1, 0.15) is 23.1 Å². The van der Waals surface area contributed by atoms with Gasteiger partial charge in [-0.3, -0.25) is 14.5 Å². The number of hydrogen-bond acceptors (Lipinski definition) is 3. The number of piperazine rings is 1. The van der Waals surface area contributed by atoms with Crippen molar-refractivity contribution in [3.8, 4) is 0 Å². The van der Waals surface area contributed by atoms with Gasteiger partial charge in [-0.25, -0.2) is 8.78 Å². The number of nitrogens with zero attached hydrogens (tertiary/aromatic N) is 1. The molecule has 0 spiro atoms. The van der Waals surface area contributed by atoms with E-state index in [2.05, 4.69) is 10.6 Å². The first-order valence-corrected chi connectivity index (χ1v) is 9.21. The fourth-order valence-corrected chi connectivity index (χ4v) is 3.31. The van der Waals surface area contributed by atoms with Gasteiger partial charge in [0.15, 0.2) is 11.6 Å². The van der Waals surface area contributed by atoms with Crippen LogP contribution in [0.15, 0.2) is 42.5 Å². The lowest BCUT2D eigenvalue weighted by molar-refractivity contribution is -0.134. The topological polar surface area (TPSA) is 61.4 Å². The Morgan fingerprint density at radius 1 is 1.18 bits per heavy atom. The van der Waals surface area contributed by atoms with Crippen LogP contribution in [0.3, 0.4) is 0 Å². The molecule has 1 aliphatic rings. The summed E-state index contributed by atoms with van der Waals surface area (Å²) in [5, 5.41) is 5.57. The van der Waals surface area contributed by atoms with Crippen LogP contribution >= 0.6 is 0 Å². The van der Waals surface area contributed by atoms with Gasteiger partial charge in [-0.05, 0) is 24.1 Å². The average Bonchev–Trinajstić information content (AvgIpc) is 2.67. The van der Waals surface area contributed by atoms with E-state index in [1.807, 2.05) is 31.2 Å². The third kappa shape index (κ3) is 4.72. The third-order valence-electron chi connectivity index (χ3n) is 4.96. The van der Waals surface area contributed by atoms with Gasteiger partial charge in [0, 0.05) is 31.7 Å². The summed E-state index contributed by atoms with van der Waals surface area (Å²) in [6, 6.07) is 11.0. The van der Waals surface area contributed by atoms with E-state index in [0.717, 1.165) is 17.2 Å². The molecule has 1 saturated heterocycles. The molecule has 2 aromatic rings. The molecule has 0 radical (unpaired) electrons. The number of amides is 2. The predicted octanol–water partition coefficient (Wildman–Crippen LogP) is 2.28. The Labute approximate surface area is 162 Å². The Morgan fingerprint density at radius 2 is 1.93 bits per heavy atom. The van der Waals surface area contributed by atoms with Crippen LogP contribution in [0, 0.1) is 18.6 Å². The number of hydrogen-bond donors (Lipinski definition) is 2. The van der Waals surface area contributed by atoms with Crippen LogP contribution < -0.4 is 10.6 Å². The quantitative estimate of drug-likeness (QED) is 0.800. The molecular weight excluding hydrogens is 364 g/mol. The molecule has 0 bridgehead atoms. The molecule has 5 nitrogen and oxygen atoms in total. The van der Waals surface area contributed by atoms with Crippen molar-refractivity contribution < 1.29 is 18.4 Å². The average molecular weight is 387 g/mol. The summed E-state index contributed by atoms with van der Waals surface area (Å²) in [7, 11) is 0. The standard InChI is InChI=1S/C21H23F2N3O2/c1-14-5-2-3-6-15(14)12-25-19(27)11-18-21(28)24-9-10-26(18)13-16-7-4-8-17(22)20(16)23/h2-8,18H,9-13H2,1H3,(H,24,28)(H,25,27)/t18-/m0/s1. The van der Waals surface area contributed by atoms with Crippen molar-refractivity contribution in [3.05, 3.63) is 70.8 Å². The molecule has 148 valence electrons. The van der Waals surface area contributed by atoms with E-state index in [-0.39, 0.29) is 30.3 Å². The van der Waals surface area contributed by atoms with Crippen molar-refractivity contribution in [1.29, 1.82) is 0 Å². The maximum atomic E-state index is 14.0. The number of nitrogens with one attached hydrogen (secondary N) is 2. The van der Waals surface area contributed by atoms with Gasteiger partial charge in [-0.1, -0.05) is 36.4 Å². The van der Waals surface area contributed by atoms with E-state index in [9.17, 15) is 18.4 Å². The van der Waals surface area contributed by atoms with Crippen molar-refractivity contribution in [3.63, 3.8) is 0 Å². The summed E-state index contributed by atoms with van der Waals surface area (Å²) in [6.45, 7) is 3.25. The SMILES string of the molecule is Cc1ccccc1CNC(=O)C[C@H]1C(=O)NCCN1Cc1cccc(F)c1F. The summed E-state index contributed by atoms with van der Waals surface area (Å²) < 4.78 is 27.5. The Bertz CT molecular complexity index is 872. The fraction of sp³-hybridized carbons (Fsp3) is 0.333. The maximum absolute atomic E-state index is 14.0. The Kier molecular flexibility index (Phi) is 6.36. The van der Waals surface area contributed by atoms with E-state index in [1.54, 1.807) is 4.90 Å². The van der Waals surface area contributed by atoms with Crippen LogP contribution in [0.4, 0.5) is 8.78 Å². The lowest BCUT2D eigenvalue weighted by Gasteiger charge is -2.34. The predicted molar refractivity (Wildman–Crippen MR) is 101 cm³/mol. The minimum Gasteiger partial charge on any atom is -0.353 e. The molecule has 0 saturated carbocycles. The zero-order valence-corrected chi connectivity index (χ0v) is 15.7. The van der Waals surface area contributed by atoms with Gasteiger partial charge in [0.25, 0.3) is 0 Å². The number of benzene rings is 2. The van der Waals surface area contributed by atoms with Gasteiger partial charge in [-0.15, -0.1) is 0 Å².